The number of amides is 17. The van der Waals surface area contributed by atoms with Crippen LogP contribution in [0.5, 0.6) is 0 Å². The Morgan fingerprint density at radius 3 is 1.22 bits per heavy atom. The van der Waals surface area contributed by atoms with Crippen LogP contribution >= 0.6 is 0 Å². The van der Waals surface area contributed by atoms with Crippen molar-refractivity contribution < 1.29 is 86.6 Å². The lowest BCUT2D eigenvalue weighted by molar-refractivity contribution is -0.143. The summed E-state index contributed by atoms with van der Waals surface area (Å²) in [4.78, 5) is 264. The van der Waals surface area contributed by atoms with Crippen LogP contribution < -0.4 is 109 Å². The van der Waals surface area contributed by atoms with Crippen LogP contribution in [0.4, 0.5) is 0 Å². The van der Waals surface area contributed by atoms with Crippen LogP contribution in [0.3, 0.4) is 0 Å². The first-order valence-electron chi connectivity index (χ1n) is 49.5. The van der Waals surface area contributed by atoms with Gasteiger partial charge in [0.15, 0.2) is 11.9 Å². The van der Waals surface area contributed by atoms with Crippen molar-refractivity contribution in [3.63, 3.8) is 0 Å². The van der Waals surface area contributed by atoms with E-state index >= 15 is 4.79 Å². The Labute approximate surface area is 815 Å². The number of H-pyrrole nitrogens is 2. The molecule has 0 unspecified atom stereocenters. The monoisotopic (exact) mass is 1960 g/mol. The van der Waals surface area contributed by atoms with E-state index in [0.29, 0.717) is 30.7 Å². The van der Waals surface area contributed by atoms with E-state index in [1.165, 1.54) is 127 Å². The first-order chi connectivity index (χ1) is 66.0. The number of aliphatic imine (C=N–C) groups is 2. The number of imidazole rings is 2. The molecule has 2 aromatic heterocycles. The number of unbranched alkanes of at least 4 members (excludes halogenated alkanes) is 15. The molecule has 2 fully saturated rings. The van der Waals surface area contributed by atoms with Crippen molar-refractivity contribution in [3.8, 4) is 0 Å². The molecule has 0 spiro atoms. The molecule has 30 N–H and O–H groups in total. The third-order valence-corrected chi connectivity index (χ3v) is 24.2. The summed E-state index contributed by atoms with van der Waals surface area (Å²) in [6, 6.07) is -20.5. The Morgan fingerprint density at radius 1 is 0.396 bits per heavy atom. The number of aliphatic hydroxyl groups excluding tert-OH is 1. The molecule has 4 rings (SSSR count). The van der Waals surface area contributed by atoms with Gasteiger partial charge in [-0.15, -0.1) is 0 Å². The summed E-state index contributed by atoms with van der Waals surface area (Å²) in [5.41, 5.74) is 39.8. The largest absolute Gasteiger partial charge is 0.391 e. The van der Waals surface area contributed by atoms with Gasteiger partial charge in [0.05, 0.1) is 18.8 Å². The maximum atomic E-state index is 15.2. The number of aliphatic hydroxyl groups is 1. The van der Waals surface area contributed by atoms with Crippen molar-refractivity contribution in [3.05, 3.63) is 36.4 Å². The summed E-state index contributed by atoms with van der Waals surface area (Å²) < 4.78 is 0. The molecule has 2 aliphatic rings. The molecular formula is C93H162N28O18. The van der Waals surface area contributed by atoms with Gasteiger partial charge in [0, 0.05) is 75.6 Å². The molecular weight excluding hydrogens is 1800 g/mol. The number of nitrogens with zero attached hydrogens (tertiary/aromatic N) is 6. The fourth-order valence-electron chi connectivity index (χ4n) is 16.4. The highest BCUT2D eigenvalue weighted by Crippen LogP contribution is 2.25. The van der Waals surface area contributed by atoms with Crippen molar-refractivity contribution in [2.24, 2.45) is 67.9 Å². The van der Waals surface area contributed by atoms with Crippen LogP contribution in [-0.4, -0.2) is 277 Å². The Morgan fingerprint density at radius 2 is 0.770 bits per heavy atom. The van der Waals surface area contributed by atoms with E-state index in [9.17, 15) is 81.8 Å². The highest BCUT2D eigenvalue weighted by Gasteiger charge is 2.45. The average Bonchev–Trinajstić information content (AvgIpc) is 1.70. The molecule has 17 amide bonds. The maximum absolute atomic E-state index is 15.2. The molecule has 0 bridgehead atoms. The van der Waals surface area contributed by atoms with E-state index in [-0.39, 0.29) is 165 Å². The molecule has 4 heterocycles. The number of rotatable bonds is 69. The highest BCUT2D eigenvalue weighted by molar-refractivity contribution is 6.01. The molecule has 46 nitrogen and oxygen atoms in total. The first-order valence-corrected chi connectivity index (χ1v) is 49.5. The van der Waals surface area contributed by atoms with Crippen LogP contribution in [0.25, 0.3) is 0 Å². The first kappa shape index (κ1) is 119. The normalized spacial score (nSPS) is 16.5. The van der Waals surface area contributed by atoms with Gasteiger partial charge in [-0.05, 0) is 148 Å². The molecule has 139 heavy (non-hydrogen) atoms. The Kier molecular flexibility index (Phi) is 55.0. The van der Waals surface area contributed by atoms with Gasteiger partial charge in [0.2, 0.25) is 100 Å². The lowest BCUT2D eigenvalue weighted by Crippen LogP contribution is -2.62. The zero-order chi connectivity index (χ0) is 103. The third kappa shape index (κ3) is 45.1. The summed E-state index contributed by atoms with van der Waals surface area (Å²) in [5, 5.41) is 45.9. The minimum Gasteiger partial charge on any atom is -0.391 e. The minimum absolute atomic E-state index is 0.00505. The fourth-order valence-corrected chi connectivity index (χ4v) is 16.4. The zero-order valence-corrected chi connectivity index (χ0v) is 83.3. The molecule has 2 aromatic rings. The molecule has 2 saturated heterocycles. The van der Waals surface area contributed by atoms with E-state index in [4.69, 9.17) is 40.1 Å². The fraction of sp³-hybridized carbons (Fsp3) is 0.731. The van der Waals surface area contributed by atoms with Gasteiger partial charge in [-0.25, -0.2) is 9.97 Å². The second-order valence-corrected chi connectivity index (χ2v) is 37.7. The second-order valence-electron chi connectivity index (χ2n) is 37.7. The molecule has 16 atom stereocenters. The smallest absolute Gasteiger partial charge is 0.246 e. The van der Waals surface area contributed by atoms with Crippen LogP contribution in [0.1, 0.15) is 287 Å². The van der Waals surface area contributed by atoms with E-state index in [1.807, 2.05) is 13.8 Å². The zero-order valence-electron chi connectivity index (χ0n) is 83.3. The highest BCUT2D eigenvalue weighted by atomic mass is 16.3. The lowest BCUT2D eigenvalue weighted by atomic mass is 9.98. The molecule has 46 heteroatoms. The predicted octanol–water partition coefficient (Wildman–Crippen LogP) is -1.36. The average molecular weight is 1960 g/mol. The SMILES string of the molecule is CCCCCCCCCCCCCCCCCC(=O)N[C@@H](C)C(=O)N[C@@H](CCCN=C(N)N)C(=O)N[C@@H](CC(C)C)C(=O)N1CCC[C@H]1C(=O)N[C@@H](CCCN=C(N)N)C(=O)N[C@H](C(=O)N[C@@H](CC(C)C)C(=O)N[C@H](C(=O)N[C@@H](Cc1cnc[nH]1)C(=O)N1CCC[C@H]1C(=O)N[C@@H](CCCCN)C(=O)N[C@@H](Cc1cnc[nH]1)C(=O)N[C@@H](C)C(=O)N[C@@H](CCC(N)=O)C(=O)N[C@@H](C)C(N)=O)C(C)C)[C@@H](C)O. The van der Waals surface area contributed by atoms with Crippen LogP contribution in [0, 0.1) is 17.8 Å². The van der Waals surface area contributed by atoms with Gasteiger partial charge in [-0.2, -0.15) is 0 Å². The summed E-state index contributed by atoms with van der Waals surface area (Å²) in [5.74, 6) is -15.4. The summed E-state index contributed by atoms with van der Waals surface area (Å²) in [6.45, 7) is 18.2. The van der Waals surface area contributed by atoms with Gasteiger partial charge < -0.3 is 134 Å². The van der Waals surface area contributed by atoms with Gasteiger partial charge >= 0.3 is 0 Å². The quantitative estimate of drug-likeness (QED) is 0.0207. The van der Waals surface area contributed by atoms with Crippen LogP contribution in [0.2, 0.25) is 0 Å². The van der Waals surface area contributed by atoms with Crippen molar-refractivity contribution in [1.29, 1.82) is 0 Å². The van der Waals surface area contributed by atoms with E-state index in [1.54, 1.807) is 27.7 Å². The second kappa shape index (κ2) is 64.2. The number of likely N-dealkylation sites (tertiary alicyclic amines) is 2. The number of primary amides is 2. The molecule has 0 saturated carbocycles. The Hall–Kier alpha value is -12.1. The number of nitrogens with two attached hydrogens (primary N) is 7. The molecule has 0 radical (unpaired) electrons. The Balaban J connectivity index is 1.52. The third-order valence-electron chi connectivity index (χ3n) is 24.2. The molecule has 0 aromatic carbocycles. The van der Waals surface area contributed by atoms with Crippen molar-refractivity contribution in [2.45, 2.75) is 385 Å². The van der Waals surface area contributed by atoms with E-state index in [0.717, 1.165) is 25.7 Å². The van der Waals surface area contributed by atoms with E-state index < -0.39 is 197 Å². The Bertz CT molecular complexity index is 4280. The van der Waals surface area contributed by atoms with Gasteiger partial charge in [0.25, 0.3) is 0 Å². The number of carbonyl (C=O) groups is 17. The maximum Gasteiger partial charge on any atom is 0.246 e. The molecule has 782 valence electrons. The minimum atomic E-state index is -1.82. The number of carbonyl (C=O) groups excluding carboxylic acids is 17. The van der Waals surface area contributed by atoms with Gasteiger partial charge in [-0.3, -0.25) is 91.5 Å². The topological polar surface area (TPSA) is 738 Å². The van der Waals surface area contributed by atoms with Crippen molar-refractivity contribution in [1.82, 2.24) is 98.9 Å². The lowest BCUT2D eigenvalue weighted by Gasteiger charge is -2.32. The summed E-state index contributed by atoms with van der Waals surface area (Å²) >= 11 is 0. The van der Waals surface area contributed by atoms with Crippen molar-refractivity contribution >= 4 is 112 Å². The number of nitrogens with one attached hydrogen (secondary N) is 15. The number of aromatic nitrogens is 4. The van der Waals surface area contributed by atoms with Gasteiger partial charge in [-0.1, -0.05) is 138 Å². The summed E-state index contributed by atoms with van der Waals surface area (Å²) in [7, 11) is 0. The number of guanidine groups is 2. The summed E-state index contributed by atoms with van der Waals surface area (Å²) in [6.07, 6.45) is 22.1. The number of hydrogen-bond acceptors (Lipinski definition) is 23. The standard InChI is InChI=1S/C93H162N28O18/c1-12-13-14-15-16-17-18-19-20-21-22-23-24-25-26-38-74(124)107-58(9)78(126)110-64(34-29-42-103-92(97)98)82(130)116-69(47-55(4)5)90(138)120-44-31-36-71(120)87(135)113-65(35-30-43-104-93(99)100)83(131)119-76(60(11)122)89(137)115-67(46-54(2)3)85(133)118-75(56(6)7)88(136)117-70(49-62-51-102-53-106-62)91(139)121-45-32-37-72(121)86(134)112-63(33-27-28-41-94)81(129)114-68(48-61-50-101-52-105-61)84(132)109-59(10)79(127)111-66(39-40-73(95)123)80(128)108-57(8)77(96)125/h50-60,63-72,75-76,122H,12-49,94H2,1-11H3,(H2,95,123)(H2,96,125)(H,101,105)(H,102,106)(H,107,124)(H,108,128)(H,109,132)(H,110,126)(H,111,127)(H,112,134)(H,113,135)(H,114,129)(H,115,137)(H,116,130)(H,117,136)(H,118,133)(H,119,131)(H4,97,98,103)(H4,99,100,104)/t57-,58-,59-,60+,63-,64-,65-,66-,67-,68-,69-,70-,71-,72-,75-,76-/m0/s1. The molecule has 0 aliphatic carbocycles. The van der Waals surface area contributed by atoms with E-state index in [2.05, 4.69) is 106 Å². The number of hydrogen-bond donors (Lipinski definition) is 23. The molecule has 2 aliphatic heterocycles. The number of aromatic amines is 2. The predicted molar refractivity (Wildman–Crippen MR) is 521 cm³/mol. The van der Waals surface area contributed by atoms with Crippen molar-refractivity contribution in [2.75, 3.05) is 32.7 Å². The van der Waals surface area contributed by atoms with Crippen LogP contribution in [0.15, 0.2) is 35.0 Å². The van der Waals surface area contributed by atoms with Gasteiger partial charge in [0.1, 0.15) is 90.6 Å². The van der Waals surface area contributed by atoms with Crippen LogP contribution in [-0.2, 0) is 94.3 Å².